The van der Waals surface area contributed by atoms with Gasteiger partial charge in [-0.3, -0.25) is 9.59 Å². The van der Waals surface area contributed by atoms with Gasteiger partial charge in [0.25, 0.3) is 0 Å². The first kappa shape index (κ1) is 13.3. The first-order valence-electron chi connectivity index (χ1n) is 6.82. The van der Waals surface area contributed by atoms with Crippen molar-refractivity contribution in [2.45, 2.75) is 32.6 Å². The topological polar surface area (TPSA) is 69.6 Å². The number of carbonyl (C=O) groups is 2. The minimum absolute atomic E-state index is 0.161. The van der Waals surface area contributed by atoms with E-state index in [9.17, 15) is 9.59 Å². The summed E-state index contributed by atoms with van der Waals surface area (Å²) in [4.78, 5) is 25.1. The van der Waals surface area contributed by atoms with E-state index in [2.05, 4.69) is 12.2 Å². The lowest BCUT2D eigenvalue weighted by Gasteiger charge is -2.45. The van der Waals surface area contributed by atoms with Crippen molar-refractivity contribution < 1.29 is 14.7 Å². The number of amides is 1. The molecule has 2 rings (SSSR count). The highest BCUT2D eigenvalue weighted by molar-refractivity contribution is 5.86. The average molecular weight is 254 g/mol. The Kier molecular flexibility index (Phi) is 3.90. The number of nitrogens with one attached hydrogen (secondary N) is 1. The minimum Gasteiger partial charge on any atom is -0.481 e. The van der Waals surface area contributed by atoms with E-state index in [-0.39, 0.29) is 17.2 Å². The number of rotatable bonds is 4. The van der Waals surface area contributed by atoms with E-state index in [1.807, 2.05) is 0 Å². The standard InChI is InChI=1S/C13H22N2O3/c1-2-4-13(5-3-6-14-9-13)12(18)15-7-10(8-15)11(16)17/h10,14H,2-9H2,1H3,(H,16,17). The summed E-state index contributed by atoms with van der Waals surface area (Å²) in [5.74, 6) is -0.983. The van der Waals surface area contributed by atoms with E-state index in [0.717, 1.165) is 38.8 Å². The summed E-state index contributed by atoms with van der Waals surface area (Å²) < 4.78 is 0. The van der Waals surface area contributed by atoms with Crippen molar-refractivity contribution in [3.8, 4) is 0 Å². The summed E-state index contributed by atoms with van der Waals surface area (Å²) in [6, 6.07) is 0. The zero-order chi connectivity index (χ0) is 13.2. The van der Waals surface area contributed by atoms with Crippen LogP contribution in [0.1, 0.15) is 32.6 Å². The van der Waals surface area contributed by atoms with Crippen molar-refractivity contribution in [1.29, 1.82) is 0 Å². The fraction of sp³-hybridized carbons (Fsp3) is 0.846. The molecule has 102 valence electrons. The van der Waals surface area contributed by atoms with Gasteiger partial charge in [0, 0.05) is 19.6 Å². The van der Waals surface area contributed by atoms with Crippen LogP contribution >= 0.6 is 0 Å². The number of carbonyl (C=O) groups excluding carboxylic acids is 1. The van der Waals surface area contributed by atoms with Gasteiger partial charge in [0.2, 0.25) is 5.91 Å². The van der Waals surface area contributed by atoms with Crippen LogP contribution in [0.4, 0.5) is 0 Å². The molecule has 0 aliphatic carbocycles. The zero-order valence-corrected chi connectivity index (χ0v) is 10.9. The number of likely N-dealkylation sites (tertiary alicyclic amines) is 1. The van der Waals surface area contributed by atoms with Gasteiger partial charge in [0.15, 0.2) is 0 Å². The first-order valence-corrected chi connectivity index (χ1v) is 6.82. The number of hydrogen-bond donors (Lipinski definition) is 2. The lowest BCUT2D eigenvalue weighted by Crippen LogP contribution is -2.60. The molecule has 2 heterocycles. The first-order chi connectivity index (χ1) is 8.59. The molecule has 0 radical (unpaired) electrons. The number of hydrogen-bond acceptors (Lipinski definition) is 3. The summed E-state index contributed by atoms with van der Waals surface area (Å²) >= 11 is 0. The second kappa shape index (κ2) is 5.26. The molecule has 0 aromatic heterocycles. The molecule has 18 heavy (non-hydrogen) atoms. The number of piperidine rings is 1. The van der Waals surface area contributed by atoms with E-state index < -0.39 is 5.97 Å². The molecule has 0 spiro atoms. The monoisotopic (exact) mass is 254 g/mol. The van der Waals surface area contributed by atoms with Crippen LogP contribution in [-0.4, -0.2) is 48.1 Å². The van der Waals surface area contributed by atoms with Crippen LogP contribution in [0.25, 0.3) is 0 Å². The maximum absolute atomic E-state index is 12.6. The van der Waals surface area contributed by atoms with Crippen molar-refractivity contribution in [3.05, 3.63) is 0 Å². The average Bonchev–Trinajstić information content (AvgIpc) is 2.28. The molecule has 5 heteroatoms. The molecule has 1 atom stereocenters. The van der Waals surface area contributed by atoms with Crippen molar-refractivity contribution in [1.82, 2.24) is 10.2 Å². The predicted molar refractivity (Wildman–Crippen MR) is 67.2 cm³/mol. The Morgan fingerprint density at radius 1 is 1.44 bits per heavy atom. The smallest absolute Gasteiger partial charge is 0.310 e. The van der Waals surface area contributed by atoms with Crippen molar-refractivity contribution >= 4 is 11.9 Å². The number of carboxylic acid groups (broad SMARTS) is 1. The van der Waals surface area contributed by atoms with Gasteiger partial charge in [-0.25, -0.2) is 0 Å². The second-order valence-corrected chi connectivity index (χ2v) is 5.56. The quantitative estimate of drug-likeness (QED) is 0.775. The van der Waals surface area contributed by atoms with Crippen LogP contribution < -0.4 is 5.32 Å². The Bertz CT molecular complexity index is 326. The summed E-state index contributed by atoms with van der Waals surface area (Å²) in [6.07, 6.45) is 3.85. The van der Waals surface area contributed by atoms with Gasteiger partial charge in [0.1, 0.15) is 0 Å². The fourth-order valence-electron chi connectivity index (χ4n) is 3.09. The largest absolute Gasteiger partial charge is 0.481 e. The van der Waals surface area contributed by atoms with Gasteiger partial charge >= 0.3 is 5.97 Å². The van der Waals surface area contributed by atoms with Crippen LogP contribution in [0.5, 0.6) is 0 Å². The molecule has 1 amide bonds. The zero-order valence-electron chi connectivity index (χ0n) is 10.9. The fourth-order valence-corrected chi connectivity index (χ4v) is 3.09. The molecule has 0 aromatic carbocycles. The Morgan fingerprint density at radius 3 is 2.67 bits per heavy atom. The lowest BCUT2D eigenvalue weighted by atomic mass is 9.75. The van der Waals surface area contributed by atoms with Gasteiger partial charge in [0.05, 0.1) is 11.3 Å². The molecule has 1 unspecified atom stereocenters. The van der Waals surface area contributed by atoms with E-state index in [0.29, 0.717) is 13.1 Å². The lowest BCUT2D eigenvalue weighted by molar-refractivity contribution is -0.159. The van der Waals surface area contributed by atoms with Gasteiger partial charge < -0.3 is 15.3 Å². The number of aliphatic carboxylic acids is 1. The molecule has 0 aromatic rings. The Hall–Kier alpha value is -1.10. The minimum atomic E-state index is -0.787. The highest BCUT2D eigenvalue weighted by Crippen LogP contribution is 2.35. The normalized spacial score (nSPS) is 28.8. The molecule has 2 aliphatic rings. The molecule has 0 bridgehead atoms. The molecule has 0 saturated carbocycles. The summed E-state index contributed by atoms with van der Waals surface area (Å²) in [5, 5.41) is 12.2. The second-order valence-electron chi connectivity index (χ2n) is 5.56. The number of carboxylic acids is 1. The van der Waals surface area contributed by atoms with Crippen LogP contribution in [0, 0.1) is 11.3 Å². The van der Waals surface area contributed by atoms with Crippen LogP contribution in [0.15, 0.2) is 0 Å². The third kappa shape index (κ3) is 2.36. The maximum Gasteiger partial charge on any atom is 0.310 e. The molecular formula is C13H22N2O3. The summed E-state index contributed by atoms with van der Waals surface area (Å²) in [5.41, 5.74) is -0.281. The molecule has 2 fully saturated rings. The van der Waals surface area contributed by atoms with E-state index >= 15 is 0 Å². The van der Waals surface area contributed by atoms with E-state index in [1.54, 1.807) is 4.90 Å². The van der Waals surface area contributed by atoms with Crippen LogP contribution in [0.2, 0.25) is 0 Å². The molecule has 5 nitrogen and oxygen atoms in total. The molecule has 2 aliphatic heterocycles. The molecule has 2 saturated heterocycles. The molecule has 2 N–H and O–H groups in total. The van der Waals surface area contributed by atoms with Crippen molar-refractivity contribution in [3.63, 3.8) is 0 Å². The Morgan fingerprint density at radius 2 is 2.17 bits per heavy atom. The Labute approximate surface area is 108 Å². The highest BCUT2D eigenvalue weighted by Gasteiger charge is 2.46. The van der Waals surface area contributed by atoms with Gasteiger partial charge in [-0.15, -0.1) is 0 Å². The van der Waals surface area contributed by atoms with Crippen molar-refractivity contribution in [2.75, 3.05) is 26.2 Å². The summed E-state index contributed by atoms with van der Waals surface area (Å²) in [6.45, 7) is 4.60. The number of nitrogens with zero attached hydrogens (tertiary/aromatic N) is 1. The van der Waals surface area contributed by atoms with Crippen LogP contribution in [-0.2, 0) is 9.59 Å². The molecular weight excluding hydrogens is 232 g/mol. The van der Waals surface area contributed by atoms with Gasteiger partial charge in [-0.2, -0.15) is 0 Å². The third-order valence-electron chi connectivity index (χ3n) is 4.17. The van der Waals surface area contributed by atoms with Gasteiger partial charge in [-0.1, -0.05) is 13.3 Å². The maximum atomic E-state index is 12.6. The predicted octanol–water partition coefficient (Wildman–Crippen LogP) is 0.699. The third-order valence-corrected chi connectivity index (χ3v) is 4.17. The van der Waals surface area contributed by atoms with Crippen LogP contribution in [0.3, 0.4) is 0 Å². The van der Waals surface area contributed by atoms with E-state index in [1.165, 1.54) is 0 Å². The van der Waals surface area contributed by atoms with E-state index in [4.69, 9.17) is 5.11 Å². The SMILES string of the molecule is CCCC1(C(=O)N2CC(C(=O)O)C2)CCCNC1. The van der Waals surface area contributed by atoms with Gasteiger partial charge in [-0.05, 0) is 25.8 Å². The van der Waals surface area contributed by atoms with Crippen molar-refractivity contribution in [2.24, 2.45) is 11.3 Å². The Balaban J connectivity index is 1.99. The highest BCUT2D eigenvalue weighted by atomic mass is 16.4. The summed E-state index contributed by atoms with van der Waals surface area (Å²) in [7, 11) is 0.